The van der Waals surface area contributed by atoms with Crippen molar-refractivity contribution in [3.05, 3.63) is 59.2 Å². The van der Waals surface area contributed by atoms with E-state index in [0.717, 1.165) is 11.3 Å². The lowest BCUT2D eigenvalue weighted by atomic mass is 9.93. The van der Waals surface area contributed by atoms with Crippen LogP contribution in [0.1, 0.15) is 41.8 Å². The van der Waals surface area contributed by atoms with E-state index in [2.05, 4.69) is 5.32 Å². The van der Waals surface area contributed by atoms with Crippen LogP contribution in [0.4, 0.5) is 4.79 Å². The van der Waals surface area contributed by atoms with E-state index in [9.17, 15) is 14.4 Å². The number of aryl methyl sites for hydroxylation is 1. The number of nitrogens with zero attached hydrogens (tertiary/aromatic N) is 1. The number of urea groups is 1. The molecule has 2 aromatic rings. The number of carbonyl (C=O) groups excluding carboxylic acids is 3. The Morgan fingerprint density at radius 3 is 2.37 bits per heavy atom. The van der Waals surface area contributed by atoms with Gasteiger partial charge in [0.1, 0.15) is 17.0 Å². The summed E-state index contributed by atoms with van der Waals surface area (Å²) in [6.07, 6.45) is 1.09. The molecule has 1 N–H and O–H groups in total. The normalized spacial score (nSPS) is 18.3. The highest BCUT2D eigenvalue weighted by Crippen LogP contribution is 2.28. The first-order valence-corrected chi connectivity index (χ1v) is 9.72. The van der Waals surface area contributed by atoms with Crippen LogP contribution in [-0.4, -0.2) is 42.4 Å². The topological polar surface area (TPSA) is 84.9 Å². The molecule has 30 heavy (non-hydrogen) atoms. The average Bonchev–Trinajstić information content (AvgIpc) is 2.95. The molecule has 7 heteroatoms. The summed E-state index contributed by atoms with van der Waals surface area (Å²) in [5.41, 5.74) is 1.16. The van der Waals surface area contributed by atoms with Crippen molar-refractivity contribution >= 4 is 17.7 Å². The molecule has 1 atom stereocenters. The number of imide groups is 1. The van der Waals surface area contributed by atoms with Crippen LogP contribution in [0.5, 0.6) is 11.5 Å². The Hall–Kier alpha value is -3.35. The van der Waals surface area contributed by atoms with Gasteiger partial charge >= 0.3 is 6.03 Å². The van der Waals surface area contributed by atoms with E-state index in [0.29, 0.717) is 29.7 Å². The van der Waals surface area contributed by atoms with Crippen LogP contribution < -0.4 is 14.8 Å². The van der Waals surface area contributed by atoms with E-state index >= 15 is 0 Å². The molecule has 0 radical (unpaired) electrons. The van der Waals surface area contributed by atoms with Gasteiger partial charge in [0, 0.05) is 11.1 Å². The Kier molecular flexibility index (Phi) is 6.10. The molecule has 1 aliphatic rings. The molecule has 0 aliphatic carbocycles. The van der Waals surface area contributed by atoms with Gasteiger partial charge < -0.3 is 14.8 Å². The smallest absolute Gasteiger partial charge is 0.325 e. The third kappa shape index (κ3) is 4.30. The summed E-state index contributed by atoms with van der Waals surface area (Å²) in [4.78, 5) is 38.6. The average molecular weight is 410 g/mol. The van der Waals surface area contributed by atoms with Crippen molar-refractivity contribution in [1.82, 2.24) is 10.2 Å². The summed E-state index contributed by atoms with van der Waals surface area (Å²) in [6, 6.07) is 12.2. The summed E-state index contributed by atoms with van der Waals surface area (Å²) >= 11 is 0. The zero-order valence-corrected chi connectivity index (χ0v) is 17.7. The minimum Gasteiger partial charge on any atom is -0.497 e. The molecule has 2 aromatic carbocycles. The number of ether oxygens (including phenoxy) is 2. The summed E-state index contributed by atoms with van der Waals surface area (Å²) in [5, 5.41) is 2.82. The summed E-state index contributed by atoms with van der Waals surface area (Å²) in [5.74, 6) is 0.896. The van der Waals surface area contributed by atoms with E-state index < -0.39 is 11.6 Å². The van der Waals surface area contributed by atoms with E-state index in [1.165, 1.54) is 18.9 Å². The number of Topliss-reactive ketones (excluding diaryl/α,β-unsaturated/α-hetero) is 1. The summed E-state index contributed by atoms with van der Waals surface area (Å²) in [6.45, 7) is 3.24. The maximum Gasteiger partial charge on any atom is 0.325 e. The van der Waals surface area contributed by atoms with Gasteiger partial charge in [0.15, 0.2) is 5.78 Å². The van der Waals surface area contributed by atoms with Crippen LogP contribution in [0, 0.1) is 0 Å². The van der Waals surface area contributed by atoms with E-state index in [1.807, 2.05) is 24.3 Å². The Balaban J connectivity index is 1.75. The van der Waals surface area contributed by atoms with Gasteiger partial charge in [-0.25, -0.2) is 4.79 Å². The van der Waals surface area contributed by atoms with Crippen LogP contribution in [0.2, 0.25) is 0 Å². The Bertz CT molecular complexity index is 970. The van der Waals surface area contributed by atoms with Gasteiger partial charge in [-0.1, -0.05) is 12.1 Å². The predicted molar refractivity (Wildman–Crippen MR) is 112 cm³/mol. The van der Waals surface area contributed by atoms with Crippen molar-refractivity contribution in [3.8, 4) is 11.5 Å². The van der Waals surface area contributed by atoms with Gasteiger partial charge in [-0.15, -0.1) is 0 Å². The fourth-order valence-electron chi connectivity index (χ4n) is 3.54. The first-order valence-electron chi connectivity index (χ1n) is 9.72. The van der Waals surface area contributed by atoms with Crippen LogP contribution in [-0.2, 0) is 17.8 Å². The second-order valence-corrected chi connectivity index (χ2v) is 7.58. The highest BCUT2D eigenvalue weighted by atomic mass is 16.5. The molecule has 1 saturated heterocycles. The number of methoxy groups -OCH3 is 2. The zero-order chi connectivity index (χ0) is 21.9. The molecule has 1 heterocycles. The van der Waals surface area contributed by atoms with Crippen LogP contribution in [0.15, 0.2) is 42.5 Å². The molecule has 3 rings (SSSR count). The molecule has 0 aromatic heterocycles. The molecule has 0 unspecified atom stereocenters. The fraction of sp³-hybridized carbons (Fsp3) is 0.348. The number of amides is 3. The largest absolute Gasteiger partial charge is 0.497 e. The van der Waals surface area contributed by atoms with Gasteiger partial charge in [-0.3, -0.25) is 14.5 Å². The molecular formula is C23H26N2O5. The van der Waals surface area contributed by atoms with Crippen molar-refractivity contribution in [2.24, 2.45) is 0 Å². The molecular weight excluding hydrogens is 384 g/mol. The first kappa shape index (κ1) is 21.4. The monoisotopic (exact) mass is 410 g/mol. The van der Waals surface area contributed by atoms with Gasteiger partial charge in [0.25, 0.3) is 5.91 Å². The quantitative estimate of drug-likeness (QED) is 0.533. The van der Waals surface area contributed by atoms with Crippen molar-refractivity contribution in [2.75, 3.05) is 14.2 Å². The minimum absolute atomic E-state index is 0.0348. The number of nitrogens with one attached hydrogen (secondary N) is 1. The highest BCUT2D eigenvalue weighted by molar-refractivity contribution is 6.06. The molecule has 3 amide bonds. The van der Waals surface area contributed by atoms with E-state index in [4.69, 9.17) is 9.47 Å². The van der Waals surface area contributed by atoms with Gasteiger partial charge in [-0.05, 0) is 62.6 Å². The second-order valence-electron chi connectivity index (χ2n) is 7.58. The van der Waals surface area contributed by atoms with Gasteiger partial charge in [0.05, 0.1) is 20.8 Å². The van der Waals surface area contributed by atoms with E-state index in [-0.39, 0.29) is 18.2 Å². The number of hydrogen-bond donors (Lipinski definition) is 1. The third-order valence-corrected chi connectivity index (χ3v) is 5.43. The number of carbonyl (C=O) groups is 3. The lowest BCUT2D eigenvalue weighted by Gasteiger charge is -2.22. The van der Waals surface area contributed by atoms with Crippen LogP contribution in [0.3, 0.4) is 0 Å². The third-order valence-electron chi connectivity index (χ3n) is 5.43. The SMILES string of the molecule is COc1ccc(CC[C@]2(C)NC(=O)N(Cc3cc(C(C)=O)ccc3OC)C2=O)cc1. The van der Waals surface area contributed by atoms with Crippen LogP contribution in [0.25, 0.3) is 0 Å². The standard InChI is InChI=1S/C23H26N2O5/c1-15(26)17-7-10-20(30-4)18(13-17)14-25-21(27)23(2,24-22(25)28)12-11-16-5-8-19(29-3)9-6-16/h5-10,13H,11-12,14H2,1-4H3,(H,24,28)/t23-/m0/s1. The molecule has 0 spiro atoms. The fourth-order valence-corrected chi connectivity index (χ4v) is 3.54. The molecule has 158 valence electrons. The number of rotatable bonds is 8. The molecule has 0 bridgehead atoms. The minimum atomic E-state index is -0.998. The van der Waals surface area contributed by atoms with Crippen LogP contribution >= 0.6 is 0 Å². The maximum absolute atomic E-state index is 13.1. The van der Waals surface area contributed by atoms with Crippen molar-refractivity contribution in [2.45, 2.75) is 38.8 Å². The van der Waals surface area contributed by atoms with Gasteiger partial charge in [0.2, 0.25) is 0 Å². The first-order chi connectivity index (χ1) is 14.3. The summed E-state index contributed by atoms with van der Waals surface area (Å²) < 4.78 is 10.5. The van der Waals surface area contributed by atoms with Crippen molar-refractivity contribution in [1.29, 1.82) is 0 Å². The van der Waals surface area contributed by atoms with Crippen molar-refractivity contribution < 1.29 is 23.9 Å². The van der Waals surface area contributed by atoms with Gasteiger partial charge in [-0.2, -0.15) is 0 Å². The Morgan fingerprint density at radius 1 is 1.07 bits per heavy atom. The van der Waals surface area contributed by atoms with Crippen molar-refractivity contribution in [3.63, 3.8) is 0 Å². The Morgan fingerprint density at radius 2 is 1.77 bits per heavy atom. The maximum atomic E-state index is 13.1. The lowest BCUT2D eigenvalue weighted by Crippen LogP contribution is -2.44. The highest BCUT2D eigenvalue weighted by Gasteiger charge is 2.47. The zero-order valence-electron chi connectivity index (χ0n) is 17.7. The predicted octanol–water partition coefficient (Wildman–Crippen LogP) is 3.35. The number of ketones is 1. The Labute approximate surface area is 176 Å². The second kappa shape index (κ2) is 8.57. The molecule has 1 aliphatic heterocycles. The number of hydrogen-bond acceptors (Lipinski definition) is 5. The number of benzene rings is 2. The summed E-state index contributed by atoms with van der Waals surface area (Å²) in [7, 11) is 3.12. The molecule has 0 saturated carbocycles. The van der Waals surface area contributed by atoms with E-state index in [1.54, 1.807) is 32.2 Å². The lowest BCUT2D eigenvalue weighted by molar-refractivity contribution is -0.131. The molecule has 7 nitrogen and oxygen atoms in total. The molecule has 1 fully saturated rings.